The number of carbonyl (C=O) groups is 1. The zero-order chi connectivity index (χ0) is 22.1. The number of hydrogen-bond acceptors (Lipinski definition) is 6. The van der Waals surface area contributed by atoms with E-state index in [1.807, 2.05) is 48.5 Å². The second-order valence-corrected chi connectivity index (χ2v) is 7.20. The van der Waals surface area contributed by atoms with Gasteiger partial charge < -0.3 is 14.6 Å². The summed E-state index contributed by atoms with van der Waals surface area (Å²) in [6.07, 6.45) is 3.23. The fourth-order valence-corrected chi connectivity index (χ4v) is 3.53. The van der Waals surface area contributed by atoms with E-state index in [2.05, 4.69) is 15.6 Å². The Kier molecular flexibility index (Phi) is 4.87. The van der Waals surface area contributed by atoms with Crippen LogP contribution in [0, 0.1) is 0 Å². The third kappa shape index (κ3) is 3.58. The standard InChI is InChI=1S/C24H19N5O3/c1-29-23-20(14-25-29)19(13-21(28-23)15-6-8-18(31-2)9-7-15)24(30)27-17-5-3-4-16(12-17)22-10-11-26-32-22/h3-14H,1-2H3,(H,27,30). The lowest BCUT2D eigenvalue weighted by atomic mass is 10.1. The highest BCUT2D eigenvalue weighted by molar-refractivity contribution is 6.12. The van der Waals surface area contributed by atoms with E-state index in [1.165, 1.54) is 0 Å². The van der Waals surface area contributed by atoms with Gasteiger partial charge >= 0.3 is 0 Å². The molecule has 5 rings (SSSR count). The van der Waals surface area contributed by atoms with Gasteiger partial charge in [0.05, 0.1) is 36.1 Å². The molecule has 0 bridgehead atoms. The van der Waals surface area contributed by atoms with Crippen molar-refractivity contribution in [3.05, 3.63) is 78.6 Å². The van der Waals surface area contributed by atoms with Crippen molar-refractivity contribution < 1.29 is 14.1 Å². The minimum atomic E-state index is -0.255. The summed E-state index contributed by atoms with van der Waals surface area (Å²) >= 11 is 0. The molecule has 0 spiro atoms. The molecule has 0 aliphatic rings. The van der Waals surface area contributed by atoms with E-state index in [0.717, 1.165) is 16.9 Å². The first-order valence-corrected chi connectivity index (χ1v) is 9.92. The molecule has 3 aromatic heterocycles. The first kappa shape index (κ1) is 19.5. The van der Waals surface area contributed by atoms with E-state index in [1.54, 1.807) is 43.4 Å². The summed E-state index contributed by atoms with van der Waals surface area (Å²) in [6, 6.07) is 18.5. The van der Waals surface area contributed by atoms with E-state index in [4.69, 9.17) is 14.2 Å². The molecule has 2 aromatic carbocycles. The Morgan fingerprint density at radius 3 is 2.66 bits per heavy atom. The monoisotopic (exact) mass is 425 g/mol. The first-order chi connectivity index (χ1) is 15.6. The normalized spacial score (nSPS) is 10.9. The highest BCUT2D eigenvalue weighted by atomic mass is 16.5. The number of aromatic nitrogens is 4. The van der Waals surface area contributed by atoms with Crippen LogP contribution in [-0.2, 0) is 7.05 Å². The fourth-order valence-electron chi connectivity index (χ4n) is 3.53. The Balaban J connectivity index is 1.53. The summed E-state index contributed by atoms with van der Waals surface area (Å²) in [6.45, 7) is 0. The van der Waals surface area contributed by atoms with Crippen LogP contribution in [0.5, 0.6) is 5.75 Å². The molecule has 1 N–H and O–H groups in total. The van der Waals surface area contributed by atoms with Crippen LogP contribution in [0.2, 0.25) is 0 Å². The van der Waals surface area contributed by atoms with Crippen molar-refractivity contribution >= 4 is 22.6 Å². The van der Waals surface area contributed by atoms with E-state index in [-0.39, 0.29) is 5.91 Å². The van der Waals surface area contributed by atoms with Crippen LogP contribution in [0.3, 0.4) is 0 Å². The fraction of sp³-hybridized carbons (Fsp3) is 0.0833. The van der Waals surface area contributed by atoms with Crippen molar-refractivity contribution in [3.63, 3.8) is 0 Å². The molecule has 1 amide bonds. The Morgan fingerprint density at radius 1 is 1.06 bits per heavy atom. The van der Waals surface area contributed by atoms with Gasteiger partial charge in [-0.05, 0) is 42.5 Å². The average molecular weight is 425 g/mol. The summed E-state index contributed by atoms with van der Waals surface area (Å²) in [5, 5.41) is 11.7. The SMILES string of the molecule is COc1ccc(-c2cc(C(=O)Nc3cccc(-c4ccno4)c3)c3cnn(C)c3n2)cc1. The van der Waals surface area contributed by atoms with Gasteiger partial charge in [-0.15, -0.1) is 0 Å². The van der Waals surface area contributed by atoms with E-state index in [9.17, 15) is 4.79 Å². The van der Waals surface area contributed by atoms with Gasteiger partial charge in [-0.25, -0.2) is 4.98 Å². The highest BCUT2D eigenvalue weighted by Gasteiger charge is 2.17. The Morgan fingerprint density at radius 2 is 1.91 bits per heavy atom. The third-order valence-electron chi connectivity index (χ3n) is 5.18. The molecule has 5 aromatic rings. The molecule has 3 heterocycles. The summed E-state index contributed by atoms with van der Waals surface area (Å²) < 4.78 is 12.1. The predicted molar refractivity (Wildman–Crippen MR) is 120 cm³/mol. The van der Waals surface area contributed by atoms with Gasteiger partial charge in [-0.1, -0.05) is 17.3 Å². The molecule has 0 radical (unpaired) electrons. The maximum atomic E-state index is 13.3. The Bertz CT molecular complexity index is 1410. The molecule has 0 aliphatic carbocycles. The molecule has 0 atom stereocenters. The zero-order valence-electron chi connectivity index (χ0n) is 17.4. The van der Waals surface area contributed by atoms with Crippen molar-refractivity contribution in [1.29, 1.82) is 0 Å². The topological polar surface area (TPSA) is 95.1 Å². The smallest absolute Gasteiger partial charge is 0.256 e. The van der Waals surface area contributed by atoms with E-state index >= 15 is 0 Å². The molecule has 0 aliphatic heterocycles. The van der Waals surface area contributed by atoms with Crippen LogP contribution >= 0.6 is 0 Å². The number of rotatable bonds is 5. The number of benzene rings is 2. The number of aryl methyl sites for hydroxylation is 1. The molecule has 8 heteroatoms. The lowest BCUT2D eigenvalue weighted by Gasteiger charge is -2.10. The second kappa shape index (κ2) is 7.99. The zero-order valence-corrected chi connectivity index (χ0v) is 17.4. The summed E-state index contributed by atoms with van der Waals surface area (Å²) in [5.74, 6) is 1.12. The molecule has 8 nitrogen and oxygen atoms in total. The van der Waals surface area contributed by atoms with Gasteiger partial charge in [-0.2, -0.15) is 5.10 Å². The number of fused-ring (bicyclic) bond motifs is 1. The molecular formula is C24H19N5O3. The van der Waals surface area contributed by atoms with Crippen molar-refractivity contribution in [2.45, 2.75) is 0 Å². The van der Waals surface area contributed by atoms with Gasteiger partial charge in [0.1, 0.15) is 5.75 Å². The average Bonchev–Trinajstić information content (AvgIpc) is 3.49. The predicted octanol–water partition coefficient (Wildman–Crippen LogP) is 4.55. The summed E-state index contributed by atoms with van der Waals surface area (Å²) in [4.78, 5) is 18.0. The van der Waals surface area contributed by atoms with Gasteiger partial charge in [0, 0.05) is 29.9 Å². The Labute approximate surface area is 183 Å². The first-order valence-electron chi connectivity index (χ1n) is 9.92. The second-order valence-electron chi connectivity index (χ2n) is 7.20. The maximum Gasteiger partial charge on any atom is 0.256 e. The van der Waals surface area contributed by atoms with Gasteiger partial charge in [0.25, 0.3) is 5.91 Å². The third-order valence-corrected chi connectivity index (χ3v) is 5.18. The molecule has 0 fully saturated rings. The lowest BCUT2D eigenvalue weighted by Crippen LogP contribution is -2.13. The van der Waals surface area contributed by atoms with Gasteiger partial charge in [-0.3, -0.25) is 9.48 Å². The van der Waals surface area contributed by atoms with E-state index in [0.29, 0.717) is 33.7 Å². The number of pyridine rings is 1. The van der Waals surface area contributed by atoms with Crippen LogP contribution in [0.25, 0.3) is 33.6 Å². The van der Waals surface area contributed by atoms with Crippen molar-refractivity contribution in [3.8, 4) is 28.3 Å². The number of ether oxygens (including phenoxy) is 1. The molecule has 0 unspecified atom stereocenters. The molecule has 0 saturated carbocycles. The lowest BCUT2D eigenvalue weighted by molar-refractivity contribution is 0.102. The number of amides is 1. The van der Waals surface area contributed by atoms with E-state index < -0.39 is 0 Å². The van der Waals surface area contributed by atoms with Gasteiger partial charge in [0.15, 0.2) is 11.4 Å². The van der Waals surface area contributed by atoms with Crippen LogP contribution < -0.4 is 10.1 Å². The number of carbonyl (C=O) groups excluding carboxylic acids is 1. The number of nitrogens with zero attached hydrogens (tertiary/aromatic N) is 4. The van der Waals surface area contributed by atoms with Crippen LogP contribution in [0.1, 0.15) is 10.4 Å². The number of nitrogens with one attached hydrogen (secondary N) is 1. The van der Waals surface area contributed by atoms with Crippen molar-refractivity contribution in [1.82, 2.24) is 19.9 Å². The number of anilines is 1. The molecule has 0 saturated heterocycles. The quantitative estimate of drug-likeness (QED) is 0.444. The minimum absolute atomic E-state index is 0.255. The minimum Gasteiger partial charge on any atom is -0.497 e. The van der Waals surface area contributed by atoms with Crippen LogP contribution in [0.15, 0.2) is 77.6 Å². The highest BCUT2D eigenvalue weighted by Crippen LogP contribution is 2.27. The summed E-state index contributed by atoms with van der Waals surface area (Å²) in [5.41, 5.74) is 4.11. The van der Waals surface area contributed by atoms with Gasteiger partial charge in [0.2, 0.25) is 0 Å². The molecular weight excluding hydrogens is 406 g/mol. The van der Waals surface area contributed by atoms with Crippen LogP contribution in [-0.4, -0.2) is 32.9 Å². The van der Waals surface area contributed by atoms with Crippen LogP contribution in [0.4, 0.5) is 5.69 Å². The van der Waals surface area contributed by atoms with Crippen molar-refractivity contribution in [2.24, 2.45) is 7.05 Å². The molecule has 158 valence electrons. The maximum absolute atomic E-state index is 13.3. The number of hydrogen-bond donors (Lipinski definition) is 1. The number of methoxy groups -OCH3 is 1. The largest absolute Gasteiger partial charge is 0.497 e. The Hall–Kier alpha value is -4.46. The van der Waals surface area contributed by atoms with Crippen molar-refractivity contribution in [2.75, 3.05) is 12.4 Å². The molecule has 32 heavy (non-hydrogen) atoms. The summed E-state index contributed by atoms with van der Waals surface area (Å²) in [7, 11) is 3.42.